The van der Waals surface area contributed by atoms with E-state index < -0.39 is 0 Å². The molecule has 0 atom stereocenters. The molecule has 0 fully saturated rings. The maximum atomic E-state index is 9.39. The Labute approximate surface area is 128 Å². The van der Waals surface area contributed by atoms with Crippen molar-refractivity contribution in [3.63, 3.8) is 0 Å². The molecule has 0 N–H and O–H groups in total. The molecule has 104 valence electrons. The zero-order valence-electron chi connectivity index (χ0n) is 11.7. The summed E-state index contributed by atoms with van der Waals surface area (Å²) in [5.41, 5.74) is 4.52. The fraction of sp³-hybridized carbons (Fsp3) is 0.176. The Morgan fingerprint density at radius 2 is 1.90 bits per heavy atom. The second kappa shape index (κ2) is 5.59. The molecule has 3 aromatic rings. The third-order valence-corrected chi connectivity index (χ3v) is 3.80. The van der Waals surface area contributed by atoms with Crippen LogP contribution < -0.4 is 0 Å². The zero-order valence-corrected chi connectivity index (χ0v) is 12.4. The van der Waals surface area contributed by atoms with E-state index in [1.54, 1.807) is 22.7 Å². The third kappa shape index (κ3) is 2.63. The summed E-state index contributed by atoms with van der Waals surface area (Å²) in [7, 11) is 0. The Balaban J connectivity index is 2.01. The smallest absolute Gasteiger partial charge is 0.148 e. The van der Waals surface area contributed by atoms with Gasteiger partial charge < -0.3 is 0 Å². The van der Waals surface area contributed by atoms with Gasteiger partial charge >= 0.3 is 0 Å². The Morgan fingerprint density at radius 3 is 2.57 bits per heavy atom. The number of rotatable bonds is 3. The highest BCUT2D eigenvalue weighted by Gasteiger charge is 2.12. The highest BCUT2D eigenvalue weighted by molar-refractivity contribution is 6.30. The van der Waals surface area contributed by atoms with Gasteiger partial charge in [-0.1, -0.05) is 42.8 Å². The molecule has 0 aliphatic carbocycles. The number of nitriles is 1. The summed E-state index contributed by atoms with van der Waals surface area (Å²) in [6.45, 7) is 2.13. The van der Waals surface area contributed by atoms with E-state index in [0.29, 0.717) is 22.8 Å². The highest BCUT2D eigenvalue weighted by atomic mass is 35.5. The standard InChI is InChI=1S/C17H14ClN3/c1-2-12-3-5-13(6-4-12)9-15-16(11-19)21-8-7-14(18)10-17(21)20-15/h3-8,10H,2,9H2,1H3. The van der Waals surface area contributed by atoms with Gasteiger partial charge in [0.15, 0.2) is 0 Å². The van der Waals surface area contributed by atoms with E-state index in [4.69, 9.17) is 11.6 Å². The van der Waals surface area contributed by atoms with E-state index in [0.717, 1.165) is 17.7 Å². The molecule has 0 aliphatic heterocycles. The van der Waals surface area contributed by atoms with E-state index in [1.807, 2.05) is 0 Å². The summed E-state index contributed by atoms with van der Waals surface area (Å²) in [6.07, 6.45) is 3.45. The van der Waals surface area contributed by atoms with Crippen LogP contribution in [0.4, 0.5) is 0 Å². The van der Waals surface area contributed by atoms with Crippen LogP contribution in [-0.2, 0) is 12.8 Å². The number of hydrogen-bond acceptors (Lipinski definition) is 2. The fourth-order valence-electron chi connectivity index (χ4n) is 2.40. The SMILES string of the molecule is CCc1ccc(Cc2nc3cc(Cl)ccn3c2C#N)cc1. The van der Waals surface area contributed by atoms with Crippen molar-refractivity contribution in [2.45, 2.75) is 19.8 Å². The molecule has 0 spiro atoms. The van der Waals surface area contributed by atoms with Crippen LogP contribution in [0.15, 0.2) is 42.6 Å². The first-order valence-electron chi connectivity index (χ1n) is 6.85. The predicted octanol–water partition coefficient (Wildman–Crippen LogP) is 4.01. The van der Waals surface area contributed by atoms with Crippen molar-refractivity contribution < 1.29 is 0 Å². The molecule has 0 amide bonds. The Hall–Kier alpha value is -2.31. The molecule has 0 saturated carbocycles. The summed E-state index contributed by atoms with van der Waals surface area (Å²) in [5.74, 6) is 0. The summed E-state index contributed by atoms with van der Waals surface area (Å²) < 4.78 is 1.78. The van der Waals surface area contributed by atoms with Gasteiger partial charge in [-0.25, -0.2) is 4.98 Å². The molecular formula is C17H14ClN3. The van der Waals surface area contributed by atoms with Crippen LogP contribution in [0.3, 0.4) is 0 Å². The molecule has 21 heavy (non-hydrogen) atoms. The molecule has 1 aromatic carbocycles. The van der Waals surface area contributed by atoms with Crippen molar-refractivity contribution in [3.05, 3.63) is 70.1 Å². The summed E-state index contributed by atoms with van der Waals surface area (Å²) >= 11 is 5.98. The minimum absolute atomic E-state index is 0.571. The Kier molecular flexibility index (Phi) is 3.64. The lowest BCUT2D eigenvalue weighted by Crippen LogP contribution is -1.94. The number of hydrogen-bond donors (Lipinski definition) is 0. The second-order valence-corrected chi connectivity index (χ2v) is 5.38. The molecule has 0 bridgehead atoms. The predicted molar refractivity (Wildman–Crippen MR) is 83.5 cm³/mol. The Morgan fingerprint density at radius 1 is 1.19 bits per heavy atom. The normalized spacial score (nSPS) is 10.7. The largest absolute Gasteiger partial charge is 0.291 e. The van der Waals surface area contributed by atoms with Gasteiger partial charge in [0.05, 0.1) is 5.69 Å². The first-order valence-corrected chi connectivity index (χ1v) is 7.23. The van der Waals surface area contributed by atoms with Crippen LogP contribution in [0.1, 0.15) is 29.4 Å². The van der Waals surface area contributed by atoms with Crippen LogP contribution in [0, 0.1) is 11.3 Å². The van der Waals surface area contributed by atoms with E-state index in [-0.39, 0.29) is 0 Å². The van der Waals surface area contributed by atoms with Gasteiger partial charge in [-0.2, -0.15) is 5.26 Å². The van der Waals surface area contributed by atoms with Crippen LogP contribution >= 0.6 is 11.6 Å². The van der Waals surface area contributed by atoms with Gasteiger partial charge in [-0.3, -0.25) is 4.40 Å². The third-order valence-electron chi connectivity index (χ3n) is 3.57. The highest BCUT2D eigenvalue weighted by Crippen LogP contribution is 2.19. The molecule has 0 saturated heterocycles. The lowest BCUT2D eigenvalue weighted by Gasteiger charge is -2.01. The zero-order chi connectivity index (χ0) is 14.8. The van der Waals surface area contributed by atoms with Gasteiger partial charge in [0.2, 0.25) is 0 Å². The number of halogens is 1. The van der Waals surface area contributed by atoms with Crippen LogP contribution in [0.25, 0.3) is 5.65 Å². The molecule has 3 rings (SSSR count). The fourth-order valence-corrected chi connectivity index (χ4v) is 2.55. The Bertz CT molecular complexity index is 826. The first-order chi connectivity index (χ1) is 10.2. The van der Waals surface area contributed by atoms with Gasteiger partial charge in [-0.05, 0) is 23.6 Å². The van der Waals surface area contributed by atoms with Gasteiger partial charge in [0.1, 0.15) is 17.4 Å². The quantitative estimate of drug-likeness (QED) is 0.732. The van der Waals surface area contributed by atoms with E-state index in [9.17, 15) is 5.26 Å². The van der Waals surface area contributed by atoms with E-state index in [1.165, 1.54) is 5.56 Å². The molecular weight excluding hydrogens is 282 g/mol. The average Bonchev–Trinajstić information content (AvgIpc) is 2.84. The minimum atomic E-state index is 0.571. The number of pyridine rings is 1. The van der Waals surface area contributed by atoms with E-state index >= 15 is 0 Å². The van der Waals surface area contributed by atoms with Crippen LogP contribution in [0.5, 0.6) is 0 Å². The van der Waals surface area contributed by atoms with Crippen LogP contribution in [-0.4, -0.2) is 9.38 Å². The van der Waals surface area contributed by atoms with Gasteiger partial charge in [0.25, 0.3) is 0 Å². The van der Waals surface area contributed by atoms with Crippen molar-refractivity contribution in [2.24, 2.45) is 0 Å². The monoisotopic (exact) mass is 295 g/mol. The number of benzene rings is 1. The van der Waals surface area contributed by atoms with Crippen molar-refractivity contribution in [2.75, 3.05) is 0 Å². The van der Waals surface area contributed by atoms with Crippen molar-refractivity contribution in [3.8, 4) is 6.07 Å². The van der Waals surface area contributed by atoms with Crippen molar-refractivity contribution in [1.29, 1.82) is 5.26 Å². The maximum Gasteiger partial charge on any atom is 0.148 e. The lowest BCUT2D eigenvalue weighted by atomic mass is 10.1. The molecule has 4 heteroatoms. The van der Waals surface area contributed by atoms with Gasteiger partial charge in [0, 0.05) is 23.7 Å². The van der Waals surface area contributed by atoms with Crippen LogP contribution in [0.2, 0.25) is 5.02 Å². The average molecular weight is 296 g/mol. The number of aromatic nitrogens is 2. The minimum Gasteiger partial charge on any atom is -0.291 e. The molecule has 0 unspecified atom stereocenters. The summed E-state index contributed by atoms with van der Waals surface area (Å²) in [5, 5.41) is 10.0. The molecule has 2 heterocycles. The van der Waals surface area contributed by atoms with E-state index in [2.05, 4.69) is 42.2 Å². The second-order valence-electron chi connectivity index (χ2n) is 4.94. The number of imidazole rings is 1. The van der Waals surface area contributed by atoms with Crippen molar-refractivity contribution >= 4 is 17.2 Å². The molecule has 0 radical (unpaired) electrons. The number of aryl methyl sites for hydroxylation is 1. The maximum absolute atomic E-state index is 9.39. The van der Waals surface area contributed by atoms with Crippen molar-refractivity contribution in [1.82, 2.24) is 9.38 Å². The topological polar surface area (TPSA) is 41.1 Å². The lowest BCUT2D eigenvalue weighted by molar-refractivity contribution is 1.07. The number of nitrogens with zero attached hydrogens (tertiary/aromatic N) is 3. The summed E-state index contributed by atoms with van der Waals surface area (Å²) in [4.78, 5) is 4.54. The van der Waals surface area contributed by atoms with Gasteiger partial charge in [-0.15, -0.1) is 0 Å². The first kappa shape index (κ1) is 13.7. The number of fused-ring (bicyclic) bond motifs is 1. The molecule has 2 aromatic heterocycles. The molecule has 0 aliphatic rings. The summed E-state index contributed by atoms with van der Waals surface area (Å²) in [6, 6.07) is 14.2. The molecule has 3 nitrogen and oxygen atoms in total.